The zero-order valence-corrected chi connectivity index (χ0v) is 14.6. The molecular formula is C14H32O4Si. The van der Waals surface area contributed by atoms with Gasteiger partial charge in [-0.05, 0) is 25.1 Å². The minimum absolute atomic E-state index is 0.259. The molecule has 0 spiro atoms. The Morgan fingerprint density at radius 2 is 1.16 bits per heavy atom. The third-order valence-corrected chi connectivity index (χ3v) is 7.98. The predicted octanol–water partition coefficient (Wildman–Crippen LogP) is 3.08. The van der Waals surface area contributed by atoms with Crippen LogP contribution >= 0.6 is 0 Å². The summed E-state index contributed by atoms with van der Waals surface area (Å²) in [5, 5.41) is 0.259. The van der Waals surface area contributed by atoms with Crippen molar-refractivity contribution in [2.24, 2.45) is 0 Å². The molecule has 0 saturated heterocycles. The summed E-state index contributed by atoms with van der Waals surface area (Å²) in [4.78, 5) is 0. The molecule has 4 nitrogen and oxygen atoms in total. The summed E-state index contributed by atoms with van der Waals surface area (Å²) in [5.41, 5.74) is 0. The molecule has 0 aromatic carbocycles. The first-order chi connectivity index (χ1) is 8.81. The fourth-order valence-corrected chi connectivity index (χ4v) is 2.18. The van der Waals surface area contributed by atoms with Crippen molar-refractivity contribution in [3.05, 3.63) is 0 Å². The Bertz CT molecular complexity index is 214. The molecule has 0 radical (unpaired) electrons. The zero-order chi connectivity index (χ0) is 14.8. The van der Waals surface area contributed by atoms with E-state index in [2.05, 4.69) is 33.9 Å². The summed E-state index contributed by atoms with van der Waals surface area (Å²) in [7, 11) is -1.62. The minimum atomic E-state index is -1.62. The van der Waals surface area contributed by atoms with Crippen LogP contribution in [0.15, 0.2) is 0 Å². The van der Waals surface area contributed by atoms with Crippen LogP contribution in [0.1, 0.15) is 27.7 Å². The Hall–Kier alpha value is 0.0569. The summed E-state index contributed by atoms with van der Waals surface area (Å²) in [6, 6.07) is 0. The maximum absolute atomic E-state index is 6.01. The highest BCUT2D eigenvalue weighted by molar-refractivity contribution is 6.74. The Balaban J connectivity index is 3.37. The maximum Gasteiger partial charge on any atom is 0.192 e. The van der Waals surface area contributed by atoms with Gasteiger partial charge in [-0.25, -0.2) is 0 Å². The quantitative estimate of drug-likeness (QED) is 0.433. The second-order valence-corrected chi connectivity index (χ2v) is 10.8. The summed E-state index contributed by atoms with van der Waals surface area (Å²) in [5.74, 6) is 0. The molecule has 0 saturated carbocycles. The van der Waals surface area contributed by atoms with Crippen LogP contribution in [0, 0.1) is 0 Å². The van der Waals surface area contributed by atoms with Crippen molar-refractivity contribution in [1.82, 2.24) is 0 Å². The lowest BCUT2D eigenvalue weighted by Crippen LogP contribution is -2.41. The van der Waals surface area contributed by atoms with Crippen LogP contribution in [0.5, 0.6) is 0 Å². The van der Waals surface area contributed by atoms with Crippen molar-refractivity contribution in [2.45, 2.75) is 45.8 Å². The molecular weight excluding hydrogens is 260 g/mol. The van der Waals surface area contributed by atoms with Crippen LogP contribution in [0.2, 0.25) is 18.1 Å². The van der Waals surface area contributed by atoms with E-state index in [1.165, 1.54) is 0 Å². The Morgan fingerprint density at radius 3 is 1.58 bits per heavy atom. The number of rotatable bonds is 11. The number of hydrogen-bond acceptors (Lipinski definition) is 4. The minimum Gasteiger partial charge on any atom is -0.414 e. The highest BCUT2D eigenvalue weighted by Gasteiger charge is 2.36. The highest BCUT2D eigenvalue weighted by atomic mass is 28.4. The van der Waals surface area contributed by atoms with Gasteiger partial charge in [-0.1, -0.05) is 20.8 Å². The van der Waals surface area contributed by atoms with Crippen LogP contribution in [-0.2, 0) is 18.6 Å². The second-order valence-electron chi connectivity index (χ2n) is 6.03. The van der Waals surface area contributed by atoms with E-state index >= 15 is 0 Å². The van der Waals surface area contributed by atoms with Crippen LogP contribution in [0.3, 0.4) is 0 Å². The molecule has 0 heterocycles. The van der Waals surface area contributed by atoms with Gasteiger partial charge in [0.1, 0.15) is 0 Å². The van der Waals surface area contributed by atoms with Gasteiger partial charge in [0.2, 0.25) is 0 Å². The van der Waals surface area contributed by atoms with E-state index in [0.29, 0.717) is 39.6 Å². The van der Waals surface area contributed by atoms with E-state index in [1.54, 1.807) is 0 Å². The standard InChI is InChI=1S/C14H32O4Si/c1-7-15-8-9-16-10-11-17-12-13-18-19(5,6)14(2,3)4/h7-13H2,1-6H3. The Kier molecular flexibility index (Phi) is 9.91. The molecule has 0 aliphatic rings. The van der Waals surface area contributed by atoms with Crippen molar-refractivity contribution in [3.8, 4) is 0 Å². The van der Waals surface area contributed by atoms with Crippen molar-refractivity contribution in [1.29, 1.82) is 0 Å². The first kappa shape index (κ1) is 19.1. The normalized spacial score (nSPS) is 12.9. The van der Waals surface area contributed by atoms with Gasteiger partial charge in [0, 0.05) is 6.61 Å². The van der Waals surface area contributed by atoms with Crippen LogP contribution in [0.4, 0.5) is 0 Å². The van der Waals surface area contributed by atoms with Gasteiger partial charge in [0.05, 0.1) is 39.6 Å². The molecule has 0 amide bonds. The molecule has 0 fully saturated rings. The van der Waals surface area contributed by atoms with E-state index in [-0.39, 0.29) is 5.04 Å². The van der Waals surface area contributed by atoms with Gasteiger partial charge in [-0.2, -0.15) is 0 Å². The molecule has 5 heteroatoms. The summed E-state index contributed by atoms with van der Waals surface area (Å²) in [6.07, 6.45) is 0. The smallest absolute Gasteiger partial charge is 0.192 e. The molecule has 0 aromatic rings. The fourth-order valence-electron chi connectivity index (χ4n) is 1.16. The Labute approximate surface area is 119 Å². The molecule has 19 heavy (non-hydrogen) atoms. The molecule has 0 N–H and O–H groups in total. The number of hydrogen-bond donors (Lipinski definition) is 0. The lowest BCUT2D eigenvalue weighted by Gasteiger charge is -2.36. The average Bonchev–Trinajstić information content (AvgIpc) is 2.30. The van der Waals surface area contributed by atoms with Crippen molar-refractivity contribution < 1.29 is 18.6 Å². The lowest BCUT2D eigenvalue weighted by molar-refractivity contribution is 0.0105. The van der Waals surface area contributed by atoms with E-state index < -0.39 is 8.32 Å². The molecule has 0 atom stereocenters. The fraction of sp³-hybridized carbons (Fsp3) is 1.00. The van der Waals surface area contributed by atoms with Crippen LogP contribution < -0.4 is 0 Å². The largest absolute Gasteiger partial charge is 0.414 e. The van der Waals surface area contributed by atoms with Gasteiger partial charge in [-0.15, -0.1) is 0 Å². The third-order valence-electron chi connectivity index (χ3n) is 3.44. The molecule has 0 unspecified atom stereocenters. The average molecular weight is 292 g/mol. The van der Waals surface area contributed by atoms with Gasteiger partial charge in [0.15, 0.2) is 8.32 Å². The van der Waals surface area contributed by atoms with Gasteiger partial charge in [-0.3, -0.25) is 0 Å². The molecule has 0 bridgehead atoms. The topological polar surface area (TPSA) is 36.9 Å². The maximum atomic E-state index is 6.01. The SMILES string of the molecule is CCOCCOCCOCCO[Si](C)(C)C(C)(C)C. The first-order valence-electron chi connectivity index (χ1n) is 7.18. The second kappa shape index (κ2) is 9.88. The van der Waals surface area contributed by atoms with Crippen LogP contribution in [-0.4, -0.2) is 54.6 Å². The molecule has 0 aliphatic carbocycles. The summed E-state index contributed by atoms with van der Waals surface area (Å²) in [6.45, 7) is 17.8. The van der Waals surface area contributed by atoms with Gasteiger partial charge in [0.25, 0.3) is 0 Å². The summed E-state index contributed by atoms with van der Waals surface area (Å²) < 4.78 is 22.0. The van der Waals surface area contributed by atoms with E-state index in [1.807, 2.05) is 6.92 Å². The molecule has 0 aliphatic heterocycles. The predicted molar refractivity (Wildman–Crippen MR) is 81.3 cm³/mol. The van der Waals surface area contributed by atoms with Crippen molar-refractivity contribution >= 4 is 8.32 Å². The van der Waals surface area contributed by atoms with Gasteiger partial charge >= 0.3 is 0 Å². The van der Waals surface area contributed by atoms with Crippen molar-refractivity contribution in [3.63, 3.8) is 0 Å². The first-order valence-corrected chi connectivity index (χ1v) is 10.1. The number of ether oxygens (including phenoxy) is 3. The van der Waals surface area contributed by atoms with Gasteiger partial charge < -0.3 is 18.6 Å². The van der Waals surface area contributed by atoms with Crippen molar-refractivity contribution in [2.75, 3.05) is 46.2 Å². The third kappa shape index (κ3) is 9.57. The Morgan fingerprint density at radius 1 is 0.737 bits per heavy atom. The van der Waals surface area contributed by atoms with E-state index in [9.17, 15) is 0 Å². The molecule has 0 rings (SSSR count). The molecule has 116 valence electrons. The van der Waals surface area contributed by atoms with Crippen LogP contribution in [0.25, 0.3) is 0 Å². The monoisotopic (exact) mass is 292 g/mol. The van der Waals surface area contributed by atoms with E-state index in [4.69, 9.17) is 18.6 Å². The lowest BCUT2D eigenvalue weighted by atomic mass is 10.2. The zero-order valence-electron chi connectivity index (χ0n) is 13.6. The highest BCUT2D eigenvalue weighted by Crippen LogP contribution is 2.36. The summed E-state index contributed by atoms with van der Waals surface area (Å²) >= 11 is 0. The van der Waals surface area contributed by atoms with E-state index in [0.717, 1.165) is 6.61 Å². The molecule has 0 aromatic heterocycles.